The van der Waals surface area contributed by atoms with Crippen LogP contribution in [0, 0.1) is 19.3 Å². The maximum absolute atomic E-state index is 12.4. The lowest BCUT2D eigenvalue weighted by Crippen LogP contribution is -2.35. The van der Waals surface area contributed by atoms with Crippen molar-refractivity contribution in [3.05, 3.63) is 68.4 Å². The van der Waals surface area contributed by atoms with Crippen molar-refractivity contribution in [3.63, 3.8) is 0 Å². The van der Waals surface area contributed by atoms with E-state index in [1.54, 1.807) is 28.7 Å². The number of amides is 1. The Balaban J connectivity index is 1.82. The molecule has 0 saturated carbocycles. The molecule has 1 aromatic heterocycles. The second kappa shape index (κ2) is 6.71. The summed E-state index contributed by atoms with van der Waals surface area (Å²) in [5, 5.41) is 11.6. The Kier molecular flexibility index (Phi) is 4.50. The van der Waals surface area contributed by atoms with Crippen LogP contribution in [0.2, 0.25) is 10.0 Å². The topological polar surface area (TPSA) is 61.5 Å². The average Bonchev–Trinajstić information content (AvgIpc) is 3.19. The molecule has 0 fully saturated rings. The van der Waals surface area contributed by atoms with Gasteiger partial charge in [0.05, 0.1) is 21.3 Å². The number of hydrogen-bond donors (Lipinski definition) is 1. The Bertz CT molecular complexity index is 1100. The zero-order chi connectivity index (χ0) is 19.3. The van der Waals surface area contributed by atoms with E-state index in [-0.39, 0.29) is 11.4 Å². The first kappa shape index (κ1) is 18.1. The van der Waals surface area contributed by atoms with E-state index < -0.39 is 5.91 Å². The summed E-state index contributed by atoms with van der Waals surface area (Å²) in [6.45, 7) is 3.89. The Morgan fingerprint density at radius 3 is 2.81 bits per heavy atom. The van der Waals surface area contributed by atoms with Crippen LogP contribution < -0.4 is 0 Å². The summed E-state index contributed by atoms with van der Waals surface area (Å²) in [6, 6.07) is 7.42. The van der Waals surface area contributed by atoms with E-state index in [9.17, 15) is 4.79 Å². The lowest BCUT2D eigenvalue weighted by molar-refractivity contribution is -0.114. The number of nitrogens with one attached hydrogen (secondary N) is 1. The maximum Gasteiger partial charge on any atom is 0.283 e. The molecule has 5 nitrogen and oxygen atoms in total. The number of fused-ring (bicyclic) bond motifs is 1. The molecule has 0 radical (unpaired) electrons. The first-order valence-corrected chi connectivity index (χ1v) is 9.71. The molecule has 2 aromatic rings. The fourth-order valence-corrected chi connectivity index (χ4v) is 4.24. The number of amidine groups is 2. The molecule has 4 rings (SSSR count). The highest BCUT2D eigenvalue weighted by Crippen LogP contribution is 2.33. The van der Waals surface area contributed by atoms with Gasteiger partial charge in [0.2, 0.25) is 0 Å². The van der Waals surface area contributed by atoms with Crippen molar-refractivity contribution in [1.29, 1.82) is 5.41 Å². The second-order valence-corrected chi connectivity index (χ2v) is 7.77. The van der Waals surface area contributed by atoms with Crippen LogP contribution in [-0.4, -0.2) is 26.4 Å². The number of rotatable bonds is 2. The number of hydrogen-bond acceptors (Lipinski definition) is 3. The summed E-state index contributed by atoms with van der Waals surface area (Å²) in [7, 11) is 0. The van der Waals surface area contributed by atoms with Crippen LogP contribution in [0.5, 0.6) is 0 Å². The van der Waals surface area contributed by atoms with Gasteiger partial charge in [0, 0.05) is 17.6 Å². The highest BCUT2D eigenvalue weighted by atomic mass is 35.5. The fourth-order valence-electron chi connectivity index (χ4n) is 3.16. The van der Waals surface area contributed by atoms with Crippen LogP contribution in [0.25, 0.3) is 11.8 Å². The van der Waals surface area contributed by atoms with Gasteiger partial charge in [0.15, 0.2) is 5.17 Å². The number of carbonyl (C=O) groups is 1. The minimum Gasteiger partial charge on any atom is -0.316 e. The summed E-state index contributed by atoms with van der Waals surface area (Å²) in [5.41, 5.74) is 3.69. The standard InChI is InChI=1S/C19H14Cl2N4OS/c1-10-8-12(11(2)25(10)15-5-3-4-14(20)16(15)21)9-13-17(22)24-6-7-27-19(24)23-18(13)26/h3-9,22H,1-2H3/b13-9-,22-17?. The molecule has 0 saturated heterocycles. The van der Waals surface area contributed by atoms with E-state index in [1.165, 1.54) is 11.8 Å². The number of aromatic nitrogens is 1. The van der Waals surface area contributed by atoms with E-state index >= 15 is 0 Å². The van der Waals surface area contributed by atoms with E-state index in [0.29, 0.717) is 15.2 Å². The molecule has 0 atom stereocenters. The van der Waals surface area contributed by atoms with Crippen molar-refractivity contribution < 1.29 is 4.79 Å². The van der Waals surface area contributed by atoms with E-state index in [1.807, 2.05) is 36.6 Å². The van der Waals surface area contributed by atoms with Gasteiger partial charge in [0.25, 0.3) is 5.91 Å². The molecule has 27 heavy (non-hydrogen) atoms. The Morgan fingerprint density at radius 2 is 2.04 bits per heavy atom. The van der Waals surface area contributed by atoms with Crippen LogP contribution in [0.4, 0.5) is 0 Å². The van der Waals surface area contributed by atoms with E-state index in [2.05, 4.69) is 4.99 Å². The number of carbonyl (C=O) groups excluding carboxylic acids is 1. The van der Waals surface area contributed by atoms with Crippen LogP contribution >= 0.6 is 35.0 Å². The van der Waals surface area contributed by atoms with E-state index in [4.69, 9.17) is 28.6 Å². The predicted molar refractivity (Wildman–Crippen MR) is 112 cm³/mol. The first-order valence-electron chi connectivity index (χ1n) is 8.08. The SMILES string of the molecule is Cc1cc(/C=C2/C(=N)N3C=CSC3=NC2=O)c(C)n1-c1cccc(Cl)c1Cl. The maximum atomic E-state index is 12.4. The summed E-state index contributed by atoms with van der Waals surface area (Å²) in [4.78, 5) is 18.1. The summed E-state index contributed by atoms with van der Waals surface area (Å²) in [6.07, 6.45) is 3.44. The third-order valence-electron chi connectivity index (χ3n) is 4.46. The highest BCUT2D eigenvalue weighted by Gasteiger charge is 2.31. The molecule has 1 amide bonds. The average molecular weight is 417 g/mol. The number of aliphatic imine (C=N–C) groups is 1. The lowest BCUT2D eigenvalue weighted by atomic mass is 10.1. The first-order chi connectivity index (χ1) is 12.9. The van der Waals surface area contributed by atoms with Gasteiger partial charge in [-0.2, -0.15) is 4.99 Å². The van der Waals surface area contributed by atoms with Crippen LogP contribution in [-0.2, 0) is 4.79 Å². The molecule has 136 valence electrons. The molecular weight excluding hydrogens is 403 g/mol. The molecule has 2 aliphatic heterocycles. The molecule has 1 N–H and O–H groups in total. The molecule has 0 aliphatic carbocycles. The lowest BCUT2D eigenvalue weighted by Gasteiger charge is -2.22. The second-order valence-electron chi connectivity index (χ2n) is 6.11. The predicted octanol–water partition coefficient (Wildman–Crippen LogP) is 5.18. The Morgan fingerprint density at radius 1 is 1.26 bits per heavy atom. The molecule has 8 heteroatoms. The van der Waals surface area contributed by atoms with Crippen LogP contribution in [0.3, 0.4) is 0 Å². The van der Waals surface area contributed by atoms with Gasteiger partial charge < -0.3 is 4.57 Å². The Labute approximate surface area is 170 Å². The normalized spacial score (nSPS) is 17.7. The summed E-state index contributed by atoms with van der Waals surface area (Å²) < 4.78 is 1.98. The molecule has 3 heterocycles. The van der Waals surface area contributed by atoms with Gasteiger partial charge >= 0.3 is 0 Å². The van der Waals surface area contributed by atoms with Crippen molar-refractivity contribution in [3.8, 4) is 5.69 Å². The third kappa shape index (κ3) is 2.94. The van der Waals surface area contributed by atoms with E-state index in [0.717, 1.165) is 22.6 Å². The molecule has 0 bridgehead atoms. The smallest absolute Gasteiger partial charge is 0.283 e. The molecular formula is C19H14Cl2N4OS. The quantitative estimate of drug-likeness (QED) is 0.686. The number of nitrogens with zero attached hydrogens (tertiary/aromatic N) is 3. The number of thioether (sulfide) groups is 1. The summed E-state index contributed by atoms with van der Waals surface area (Å²) in [5.74, 6) is -0.287. The van der Waals surface area contributed by atoms with Gasteiger partial charge in [-0.1, -0.05) is 41.0 Å². The highest BCUT2D eigenvalue weighted by molar-refractivity contribution is 8.16. The molecule has 0 spiro atoms. The van der Waals surface area contributed by atoms with Crippen molar-refractivity contribution in [2.45, 2.75) is 13.8 Å². The fraction of sp³-hybridized carbons (Fsp3) is 0.105. The van der Waals surface area contributed by atoms with Crippen molar-refractivity contribution in [2.24, 2.45) is 4.99 Å². The zero-order valence-corrected chi connectivity index (χ0v) is 16.8. The van der Waals surface area contributed by atoms with Crippen molar-refractivity contribution >= 4 is 58.0 Å². The molecule has 0 unspecified atom stereocenters. The van der Waals surface area contributed by atoms with Gasteiger partial charge in [-0.15, -0.1) is 0 Å². The minimum atomic E-state index is -0.409. The third-order valence-corrected chi connectivity index (χ3v) is 6.02. The monoisotopic (exact) mass is 416 g/mol. The van der Waals surface area contributed by atoms with Crippen LogP contribution in [0.1, 0.15) is 17.0 Å². The Hall–Kier alpha value is -2.28. The molecule has 2 aliphatic rings. The molecule has 1 aromatic carbocycles. The number of halogens is 2. The van der Waals surface area contributed by atoms with Crippen molar-refractivity contribution in [2.75, 3.05) is 0 Å². The van der Waals surface area contributed by atoms with Gasteiger partial charge in [-0.05, 0) is 49.1 Å². The van der Waals surface area contributed by atoms with Gasteiger partial charge in [-0.25, -0.2) is 0 Å². The van der Waals surface area contributed by atoms with Crippen LogP contribution in [0.15, 0.2) is 46.4 Å². The van der Waals surface area contributed by atoms with Crippen molar-refractivity contribution in [1.82, 2.24) is 9.47 Å². The van der Waals surface area contributed by atoms with Gasteiger partial charge in [0.1, 0.15) is 5.84 Å². The number of aryl methyl sites for hydroxylation is 1. The summed E-state index contributed by atoms with van der Waals surface area (Å²) >= 11 is 13.9. The number of benzene rings is 1. The largest absolute Gasteiger partial charge is 0.316 e. The zero-order valence-electron chi connectivity index (χ0n) is 14.5. The van der Waals surface area contributed by atoms with Gasteiger partial charge in [-0.3, -0.25) is 15.1 Å². The minimum absolute atomic E-state index is 0.122.